The van der Waals surface area contributed by atoms with Crippen molar-refractivity contribution in [3.8, 4) is 0 Å². The Kier molecular flexibility index (Phi) is 2.07. The second-order valence-electron chi connectivity index (χ2n) is 3.06. The van der Waals surface area contributed by atoms with Crippen LogP contribution in [-0.4, -0.2) is 15.1 Å². The molecule has 8 heteroatoms. The molecule has 0 aliphatic heterocycles. The lowest BCUT2D eigenvalue weighted by Gasteiger charge is -2.01. The molecule has 0 amide bonds. The molecule has 1 aromatic carbocycles. The fourth-order valence-corrected chi connectivity index (χ4v) is 1.34. The molecule has 0 saturated heterocycles. The maximum absolute atomic E-state index is 12.4. The Morgan fingerprint density at radius 1 is 1.38 bits per heavy atom. The van der Waals surface area contributed by atoms with E-state index in [0.29, 0.717) is 0 Å². The minimum atomic E-state index is -4.58. The summed E-state index contributed by atoms with van der Waals surface area (Å²) in [6.07, 6.45) is -4.58. The van der Waals surface area contributed by atoms with Gasteiger partial charge in [0, 0.05) is 17.5 Å². The van der Waals surface area contributed by atoms with E-state index in [1.807, 2.05) is 0 Å². The molecule has 5 nitrogen and oxygen atoms in total. The third-order valence-corrected chi connectivity index (χ3v) is 2.03. The van der Waals surface area contributed by atoms with Crippen LogP contribution >= 0.6 is 0 Å². The van der Waals surface area contributed by atoms with Crippen LogP contribution in [0.4, 0.5) is 18.9 Å². The molecule has 1 heterocycles. The number of non-ortho nitro benzene ring substituents is 1. The average molecular weight is 231 g/mol. The van der Waals surface area contributed by atoms with Gasteiger partial charge in [-0.3, -0.25) is 15.2 Å². The topological polar surface area (TPSA) is 71.8 Å². The van der Waals surface area contributed by atoms with Crippen LogP contribution in [0.5, 0.6) is 0 Å². The maximum Gasteiger partial charge on any atom is 0.435 e. The molecule has 84 valence electrons. The van der Waals surface area contributed by atoms with Crippen molar-refractivity contribution < 1.29 is 18.1 Å². The third-order valence-electron chi connectivity index (χ3n) is 2.03. The number of rotatable bonds is 1. The Balaban J connectivity index is 2.64. The Hall–Kier alpha value is -2.12. The minimum absolute atomic E-state index is 0.0125. The number of nitro groups is 1. The molecule has 2 aromatic rings. The highest BCUT2D eigenvalue weighted by Crippen LogP contribution is 2.33. The van der Waals surface area contributed by atoms with Gasteiger partial charge in [0.15, 0.2) is 5.69 Å². The molecule has 0 spiro atoms. The predicted octanol–water partition coefficient (Wildman–Crippen LogP) is 2.49. The van der Waals surface area contributed by atoms with Crippen LogP contribution in [0.15, 0.2) is 18.2 Å². The van der Waals surface area contributed by atoms with E-state index in [2.05, 4.69) is 10.2 Å². The smallest absolute Gasteiger partial charge is 0.277 e. The van der Waals surface area contributed by atoms with E-state index >= 15 is 0 Å². The molecular formula is C8H4F3N3O2. The van der Waals surface area contributed by atoms with Crippen LogP contribution in [0.2, 0.25) is 0 Å². The first kappa shape index (κ1) is 10.4. The first-order valence-electron chi connectivity index (χ1n) is 4.09. The minimum Gasteiger partial charge on any atom is -0.277 e. The highest BCUT2D eigenvalue weighted by molar-refractivity contribution is 5.83. The van der Waals surface area contributed by atoms with Gasteiger partial charge in [0.2, 0.25) is 0 Å². The lowest BCUT2D eigenvalue weighted by molar-refractivity contribution is -0.384. The van der Waals surface area contributed by atoms with Crippen molar-refractivity contribution in [2.24, 2.45) is 0 Å². The summed E-state index contributed by atoms with van der Waals surface area (Å²) in [6, 6.07) is 3.05. The summed E-state index contributed by atoms with van der Waals surface area (Å²) in [5.41, 5.74) is -1.37. The number of H-pyrrole nitrogens is 1. The molecule has 0 atom stereocenters. The summed E-state index contributed by atoms with van der Waals surface area (Å²) in [6.45, 7) is 0. The van der Waals surface area contributed by atoms with Crippen molar-refractivity contribution in [2.45, 2.75) is 6.18 Å². The van der Waals surface area contributed by atoms with Gasteiger partial charge in [0.25, 0.3) is 5.69 Å². The Morgan fingerprint density at radius 2 is 2.06 bits per heavy atom. The van der Waals surface area contributed by atoms with Crippen molar-refractivity contribution in [1.82, 2.24) is 10.2 Å². The Morgan fingerprint density at radius 3 is 2.62 bits per heavy atom. The highest BCUT2D eigenvalue weighted by Gasteiger charge is 2.36. The first-order chi connectivity index (χ1) is 7.39. The highest BCUT2D eigenvalue weighted by atomic mass is 19.4. The molecule has 0 radical (unpaired) electrons. The number of aromatic amines is 1. The van der Waals surface area contributed by atoms with Crippen molar-refractivity contribution in [3.63, 3.8) is 0 Å². The summed E-state index contributed by atoms with van der Waals surface area (Å²) >= 11 is 0. The number of hydrogen-bond donors (Lipinski definition) is 1. The van der Waals surface area contributed by atoms with Gasteiger partial charge in [-0.2, -0.15) is 18.3 Å². The molecule has 2 rings (SSSR count). The van der Waals surface area contributed by atoms with E-state index in [1.54, 1.807) is 0 Å². The van der Waals surface area contributed by atoms with Crippen molar-refractivity contribution in [1.29, 1.82) is 0 Å². The van der Waals surface area contributed by atoms with Crippen LogP contribution in [0.3, 0.4) is 0 Å². The standard InChI is InChI=1S/C8H4F3N3O2/c9-8(10,11)7-5-2-1-4(14(15)16)3-6(5)12-13-7/h1-3H,(H,12,13). The van der Waals surface area contributed by atoms with E-state index in [1.165, 1.54) is 0 Å². The fourth-order valence-electron chi connectivity index (χ4n) is 1.34. The summed E-state index contributed by atoms with van der Waals surface area (Å²) < 4.78 is 37.2. The zero-order valence-electron chi connectivity index (χ0n) is 7.58. The van der Waals surface area contributed by atoms with Gasteiger partial charge in [-0.1, -0.05) is 0 Å². The van der Waals surface area contributed by atoms with Crippen LogP contribution in [-0.2, 0) is 6.18 Å². The van der Waals surface area contributed by atoms with Gasteiger partial charge in [-0.25, -0.2) is 0 Å². The van der Waals surface area contributed by atoms with E-state index in [-0.39, 0.29) is 16.6 Å². The van der Waals surface area contributed by atoms with Gasteiger partial charge in [-0.15, -0.1) is 0 Å². The molecule has 0 unspecified atom stereocenters. The van der Waals surface area contributed by atoms with Crippen LogP contribution < -0.4 is 0 Å². The van der Waals surface area contributed by atoms with E-state index < -0.39 is 16.8 Å². The Labute approximate surface area is 86.0 Å². The predicted molar refractivity (Wildman–Crippen MR) is 47.8 cm³/mol. The van der Waals surface area contributed by atoms with Crippen LogP contribution in [0.25, 0.3) is 10.9 Å². The number of nitrogens with one attached hydrogen (secondary N) is 1. The number of nitro benzene ring substituents is 1. The molecule has 1 aromatic heterocycles. The summed E-state index contributed by atoms with van der Waals surface area (Å²) in [5.74, 6) is 0. The maximum atomic E-state index is 12.4. The number of halogens is 3. The zero-order chi connectivity index (χ0) is 11.9. The van der Waals surface area contributed by atoms with Gasteiger partial charge in [0.1, 0.15) is 0 Å². The molecule has 0 fully saturated rings. The lowest BCUT2D eigenvalue weighted by atomic mass is 10.2. The van der Waals surface area contributed by atoms with Crippen molar-refractivity contribution in [2.75, 3.05) is 0 Å². The number of alkyl halides is 3. The second kappa shape index (κ2) is 3.19. The molecular weight excluding hydrogens is 227 g/mol. The van der Waals surface area contributed by atoms with Crippen LogP contribution in [0, 0.1) is 10.1 Å². The van der Waals surface area contributed by atoms with Gasteiger partial charge < -0.3 is 0 Å². The van der Waals surface area contributed by atoms with E-state index in [9.17, 15) is 23.3 Å². The van der Waals surface area contributed by atoms with Gasteiger partial charge >= 0.3 is 6.18 Å². The molecule has 0 saturated carbocycles. The quantitative estimate of drug-likeness (QED) is 0.605. The summed E-state index contributed by atoms with van der Waals surface area (Å²) in [4.78, 5) is 9.71. The molecule has 16 heavy (non-hydrogen) atoms. The van der Waals surface area contributed by atoms with Gasteiger partial charge in [-0.05, 0) is 6.07 Å². The van der Waals surface area contributed by atoms with Crippen molar-refractivity contribution in [3.05, 3.63) is 34.0 Å². The lowest BCUT2D eigenvalue weighted by Crippen LogP contribution is -2.05. The molecule has 0 bridgehead atoms. The normalized spacial score (nSPS) is 11.9. The number of nitrogens with zero attached hydrogens (tertiary/aromatic N) is 2. The summed E-state index contributed by atoms with van der Waals surface area (Å²) in [7, 11) is 0. The fraction of sp³-hybridized carbons (Fsp3) is 0.125. The number of aromatic nitrogens is 2. The van der Waals surface area contributed by atoms with E-state index in [0.717, 1.165) is 18.2 Å². The van der Waals surface area contributed by atoms with Crippen LogP contribution in [0.1, 0.15) is 5.69 Å². The molecule has 0 aliphatic carbocycles. The zero-order valence-corrected chi connectivity index (χ0v) is 7.58. The SMILES string of the molecule is O=[N+]([O-])c1ccc2c(C(F)(F)F)n[nH]c2c1. The molecule has 0 aliphatic rings. The second-order valence-corrected chi connectivity index (χ2v) is 3.06. The largest absolute Gasteiger partial charge is 0.435 e. The average Bonchev–Trinajstić information content (AvgIpc) is 2.58. The Bertz CT molecular complexity index is 561. The number of hydrogen-bond acceptors (Lipinski definition) is 3. The number of fused-ring (bicyclic) bond motifs is 1. The van der Waals surface area contributed by atoms with Gasteiger partial charge in [0.05, 0.1) is 10.4 Å². The number of benzene rings is 1. The van der Waals surface area contributed by atoms with E-state index in [4.69, 9.17) is 0 Å². The first-order valence-corrected chi connectivity index (χ1v) is 4.09. The van der Waals surface area contributed by atoms with Crippen molar-refractivity contribution >= 4 is 16.6 Å². The third kappa shape index (κ3) is 1.58. The summed E-state index contributed by atoms with van der Waals surface area (Å²) in [5, 5.41) is 15.4. The monoisotopic (exact) mass is 231 g/mol. The molecule has 1 N–H and O–H groups in total.